The molecule has 3 rings (SSSR count). The minimum atomic E-state index is 0.628. The first-order chi connectivity index (χ1) is 9.56. The van der Waals surface area contributed by atoms with Crippen molar-refractivity contribution in [2.45, 2.75) is 45.2 Å². The van der Waals surface area contributed by atoms with E-state index in [1.807, 2.05) is 20.3 Å². The maximum Gasteiger partial charge on any atom is 0.204 e. The minimum absolute atomic E-state index is 0.628. The second-order valence-electron chi connectivity index (χ2n) is 7.01. The Labute approximate surface area is 122 Å². The van der Waals surface area contributed by atoms with Crippen LogP contribution in [0.2, 0.25) is 0 Å². The highest BCUT2D eigenvalue weighted by atomic mass is 15.3. The molecule has 4 nitrogen and oxygen atoms in total. The zero-order valence-electron chi connectivity index (χ0n) is 13.3. The molecule has 1 aromatic heterocycles. The van der Waals surface area contributed by atoms with Crippen molar-refractivity contribution in [3.63, 3.8) is 0 Å². The standard InChI is InChI=1S/C16H28N4/c1-11(15-8-12-5-6-13(15)7-12)17-9-14-10-18-16(19(2)3)20(14)4/h10-13,15,17H,5-9H2,1-4H3. The number of anilines is 1. The number of fused-ring (bicyclic) bond motifs is 2. The van der Waals surface area contributed by atoms with Crippen LogP contribution in [-0.2, 0) is 13.6 Å². The van der Waals surface area contributed by atoms with Gasteiger partial charge in [-0.1, -0.05) is 6.42 Å². The third-order valence-corrected chi connectivity index (χ3v) is 5.50. The molecule has 2 bridgehead atoms. The molecule has 1 heterocycles. The first-order valence-electron chi connectivity index (χ1n) is 7.97. The minimum Gasteiger partial charge on any atom is -0.348 e. The van der Waals surface area contributed by atoms with Crippen molar-refractivity contribution < 1.29 is 0 Å². The smallest absolute Gasteiger partial charge is 0.204 e. The Hall–Kier alpha value is -1.03. The summed E-state index contributed by atoms with van der Waals surface area (Å²) in [5.74, 6) is 3.95. The van der Waals surface area contributed by atoms with Crippen molar-refractivity contribution >= 4 is 5.95 Å². The van der Waals surface area contributed by atoms with Crippen LogP contribution in [0.15, 0.2) is 6.20 Å². The molecule has 2 aliphatic rings. The maximum atomic E-state index is 4.48. The Morgan fingerprint density at radius 2 is 2.20 bits per heavy atom. The molecule has 112 valence electrons. The monoisotopic (exact) mass is 276 g/mol. The van der Waals surface area contributed by atoms with Crippen molar-refractivity contribution in [3.8, 4) is 0 Å². The van der Waals surface area contributed by atoms with E-state index < -0.39 is 0 Å². The van der Waals surface area contributed by atoms with Gasteiger partial charge in [-0.2, -0.15) is 0 Å². The van der Waals surface area contributed by atoms with Crippen LogP contribution in [0.4, 0.5) is 5.95 Å². The predicted octanol–water partition coefficient (Wildman–Crippen LogP) is 2.40. The number of rotatable bonds is 5. The van der Waals surface area contributed by atoms with Crippen LogP contribution in [0.1, 0.15) is 38.3 Å². The lowest BCUT2D eigenvalue weighted by atomic mass is 9.84. The van der Waals surface area contributed by atoms with E-state index >= 15 is 0 Å². The summed E-state index contributed by atoms with van der Waals surface area (Å²) in [5, 5.41) is 3.74. The third kappa shape index (κ3) is 2.46. The number of hydrogen-bond acceptors (Lipinski definition) is 3. The second-order valence-corrected chi connectivity index (χ2v) is 7.01. The molecule has 2 saturated carbocycles. The van der Waals surface area contributed by atoms with Gasteiger partial charge in [0, 0.05) is 33.7 Å². The van der Waals surface area contributed by atoms with Crippen LogP contribution >= 0.6 is 0 Å². The molecule has 4 atom stereocenters. The molecule has 0 aliphatic heterocycles. The molecular formula is C16H28N4. The summed E-state index contributed by atoms with van der Waals surface area (Å²) in [7, 11) is 6.18. The number of hydrogen-bond donors (Lipinski definition) is 1. The van der Waals surface area contributed by atoms with Crippen molar-refractivity contribution in [1.29, 1.82) is 0 Å². The van der Waals surface area contributed by atoms with Crippen LogP contribution in [0.25, 0.3) is 0 Å². The normalized spacial score (nSPS) is 29.9. The van der Waals surface area contributed by atoms with Gasteiger partial charge in [-0.05, 0) is 43.9 Å². The van der Waals surface area contributed by atoms with Crippen LogP contribution in [0, 0.1) is 17.8 Å². The Morgan fingerprint density at radius 1 is 1.40 bits per heavy atom. The van der Waals surface area contributed by atoms with Crippen molar-refractivity contribution in [1.82, 2.24) is 14.9 Å². The second kappa shape index (κ2) is 5.40. The number of nitrogens with one attached hydrogen (secondary N) is 1. The topological polar surface area (TPSA) is 33.1 Å². The van der Waals surface area contributed by atoms with Gasteiger partial charge in [-0.15, -0.1) is 0 Å². The lowest BCUT2D eigenvalue weighted by Crippen LogP contribution is -2.36. The lowest BCUT2D eigenvalue weighted by molar-refractivity contribution is 0.258. The Balaban J connectivity index is 1.57. The molecule has 0 radical (unpaired) electrons. The summed E-state index contributed by atoms with van der Waals surface area (Å²) in [6, 6.07) is 0.628. The van der Waals surface area contributed by atoms with Gasteiger partial charge in [0.25, 0.3) is 0 Å². The average Bonchev–Trinajstić information content (AvgIpc) is 3.10. The van der Waals surface area contributed by atoms with Gasteiger partial charge < -0.3 is 14.8 Å². The highest BCUT2D eigenvalue weighted by Gasteiger charge is 2.41. The molecule has 4 heteroatoms. The lowest BCUT2D eigenvalue weighted by Gasteiger charge is -2.28. The fraction of sp³-hybridized carbons (Fsp3) is 0.812. The zero-order valence-corrected chi connectivity index (χ0v) is 13.3. The Morgan fingerprint density at radius 3 is 2.75 bits per heavy atom. The summed E-state index contributed by atoms with van der Waals surface area (Å²) in [6.45, 7) is 3.29. The molecule has 0 spiro atoms. The van der Waals surface area contributed by atoms with E-state index in [4.69, 9.17) is 0 Å². The van der Waals surface area contributed by atoms with Crippen LogP contribution in [-0.4, -0.2) is 29.7 Å². The highest BCUT2D eigenvalue weighted by Crippen LogP contribution is 2.49. The van der Waals surface area contributed by atoms with E-state index in [0.717, 1.165) is 30.2 Å². The SMILES string of the molecule is CC(NCc1cnc(N(C)C)n1C)C1CC2CCC1C2. The average molecular weight is 276 g/mol. The molecular weight excluding hydrogens is 248 g/mol. The molecule has 20 heavy (non-hydrogen) atoms. The summed E-state index contributed by atoms with van der Waals surface area (Å²) < 4.78 is 2.18. The predicted molar refractivity (Wildman–Crippen MR) is 82.8 cm³/mol. The number of nitrogens with zero attached hydrogens (tertiary/aromatic N) is 3. The van der Waals surface area contributed by atoms with Gasteiger partial charge in [0.2, 0.25) is 5.95 Å². The van der Waals surface area contributed by atoms with Crippen molar-refractivity contribution in [2.24, 2.45) is 24.8 Å². The molecule has 1 aromatic rings. The van der Waals surface area contributed by atoms with Gasteiger partial charge in [0.05, 0.1) is 11.9 Å². The van der Waals surface area contributed by atoms with E-state index in [9.17, 15) is 0 Å². The molecule has 0 amide bonds. The summed E-state index contributed by atoms with van der Waals surface area (Å²) in [4.78, 5) is 6.54. The molecule has 2 aliphatic carbocycles. The van der Waals surface area contributed by atoms with Gasteiger partial charge >= 0.3 is 0 Å². The summed E-state index contributed by atoms with van der Waals surface area (Å²) >= 11 is 0. The summed E-state index contributed by atoms with van der Waals surface area (Å²) in [6.07, 6.45) is 7.90. The Kier molecular flexibility index (Phi) is 3.76. The van der Waals surface area contributed by atoms with E-state index in [0.29, 0.717) is 6.04 Å². The molecule has 4 unspecified atom stereocenters. The summed E-state index contributed by atoms with van der Waals surface area (Å²) in [5.41, 5.74) is 1.27. The first-order valence-corrected chi connectivity index (χ1v) is 7.97. The van der Waals surface area contributed by atoms with Gasteiger partial charge in [0.1, 0.15) is 0 Å². The molecule has 1 N–H and O–H groups in total. The van der Waals surface area contributed by atoms with E-state index in [2.05, 4.69) is 33.7 Å². The van der Waals surface area contributed by atoms with E-state index in [1.165, 1.54) is 31.4 Å². The van der Waals surface area contributed by atoms with E-state index in [1.54, 1.807) is 0 Å². The first kappa shape index (κ1) is 13.9. The van der Waals surface area contributed by atoms with E-state index in [-0.39, 0.29) is 0 Å². The van der Waals surface area contributed by atoms with Crippen LogP contribution < -0.4 is 10.2 Å². The quantitative estimate of drug-likeness (QED) is 0.896. The van der Waals surface area contributed by atoms with Gasteiger partial charge in [-0.3, -0.25) is 0 Å². The third-order valence-electron chi connectivity index (χ3n) is 5.50. The van der Waals surface area contributed by atoms with Crippen LogP contribution in [0.5, 0.6) is 0 Å². The fourth-order valence-electron chi connectivity index (χ4n) is 4.34. The van der Waals surface area contributed by atoms with Crippen molar-refractivity contribution in [3.05, 3.63) is 11.9 Å². The largest absolute Gasteiger partial charge is 0.348 e. The zero-order chi connectivity index (χ0) is 14.3. The van der Waals surface area contributed by atoms with Crippen LogP contribution in [0.3, 0.4) is 0 Å². The van der Waals surface area contributed by atoms with Crippen molar-refractivity contribution in [2.75, 3.05) is 19.0 Å². The molecule has 0 saturated heterocycles. The number of imidazole rings is 1. The van der Waals surface area contributed by atoms with Gasteiger partial charge in [0.15, 0.2) is 0 Å². The maximum absolute atomic E-state index is 4.48. The van der Waals surface area contributed by atoms with Gasteiger partial charge in [-0.25, -0.2) is 4.98 Å². The molecule has 0 aromatic carbocycles. The number of aromatic nitrogens is 2. The fourth-order valence-corrected chi connectivity index (χ4v) is 4.34. The Bertz CT molecular complexity index is 465. The molecule has 2 fully saturated rings. The highest BCUT2D eigenvalue weighted by molar-refractivity contribution is 5.30.